The molecule has 18 heavy (non-hydrogen) atoms. The van der Waals surface area contributed by atoms with E-state index in [-0.39, 0.29) is 30.1 Å². The molecule has 1 aromatic rings. The van der Waals surface area contributed by atoms with E-state index in [1.54, 1.807) is 12.1 Å². The second-order valence-corrected chi connectivity index (χ2v) is 4.70. The number of amides is 1. The van der Waals surface area contributed by atoms with Gasteiger partial charge in [-0.25, -0.2) is 0 Å². The molecule has 1 aliphatic rings. The number of aromatic hydroxyl groups is 1. The summed E-state index contributed by atoms with van der Waals surface area (Å²) in [6, 6.07) is 5.25. The molecule has 2 rings (SSSR count). The van der Waals surface area contributed by atoms with Gasteiger partial charge in [-0.1, -0.05) is 6.07 Å². The van der Waals surface area contributed by atoms with Gasteiger partial charge in [-0.3, -0.25) is 4.79 Å². The molecule has 0 spiro atoms. The van der Waals surface area contributed by atoms with Crippen LogP contribution >= 0.6 is 12.4 Å². The molecule has 5 heteroatoms. The number of hydrogen-bond acceptors (Lipinski definition) is 3. The van der Waals surface area contributed by atoms with Gasteiger partial charge < -0.3 is 15.7 Å². The van der Waals surface area contributed by atoms with Gasteiger partial charge in [0, 0.05) is 25.6 Å². The average Bonchev–Trinajstić information content (AvgIpc) is 2.27. The molecule has 0 radical (unpaired) electrons. The number of nitrogens with two attached hydrogens (primary N) is 1. The van der Waals surface area contributed by atoms with Crippen LogP contribution in [0.15, 0.2) is 18.2 Å². The highest BCUT2D eigenvalue weighted by molar-refractivity contribution is 5.85. The lowest BCUT2D eigenvalue weighted by Gasteiger charge is -2.29. The molecule has 0 bridgehead atoms. The average molecular weight is 271 g/mol. The minimum atomic E-state index is -0.104. The predicted octanol–water partition coefficient (Wildman–Crippen LogP) is 1.44. The maximum atomic E-state index is 11.9. The minimum Gasteiger partial charge on any atom is -0.508 e. The summed E-state index contributed by atoms with van der Waals surface area (Å²) >= 11 is 0. The fourth-order valence-electron chi connectivity index (χ4n) is 2.16. The predicted molar refractivity (Wildman–Crippen MR) is 72.7 cm³/mol. The van der Waals surface area contributed by atoms with E-state index in [4.69, 9.17) is 5.73 Å². The fourth-order valence-corrected chi connectivity index (χ4v) is 2.16. The number of phenolic OH excluding ortho intramolecular Hbond substituents is 1. The van der Waals surface area contributed by atoms with E-state index in [0.29, 0.717) is 13.0 Å². The van der Waals surface area contributed by atoms with Gasteiger partial charge in [0.1, 0.15) is 5.75 Å². The van der Waals surface area contributed by atoms with Crippen molar-refractivity contribution < 1.29 is 9.90 Å². The number of carbonyl (C=O) groups is 1. The first-order chi connectivity index (χ1) is 8.06. The molecule has 1 heterocycles. The molecule has 1 aromatic carbocycles. The van der Waals surface area contributed by atoms with E-state index >= 15 is 0 Å². The van der Waals surface area contributed by atoms with Crippen LogP contribution in [-0.4, -0.2) is 28.5 Å². The van der Waals surface area contributed by atoms with Gasteiger partial charge >= 0.3 is 0 Å². The summed E-state index contributed by atoms with van der Waals surface area (Å²) in [6.45, 7) is 3.15. The number of halogens is 1. The van der Waals surface area contributed by atoms with Gasteiger partial charge in [-0.15, -0.1) is 12.4 Å². The lowest BCUT2D eigenvalue weighted by Crippen LogP contribution is -2.38. The highest BCUT2D eigenvalue weighted by atomic mass is 35.5. The summed E-state index contributed by atoms with van der Waals surface area (Å²) < 4.78 is 0. The largest absolute Gasteiger partial charge is 0.508 e. The summed E-state index contributed by atoms with van der Waals surface area (Å²) in [5, 5.41) is 9.44. The summed E-state index contributed by atoms with van der Waals surface area (Å²) in [5.74, 6) is 0.347. The Morgan fingerprint density at radius 1 is 1.50 bits per heavy atom. The first-order valence-corrected chi connectivity index (χ1v) is 5.90. The molecule has 1 amide bonds. The first-order valence-electron chi connectivity index (χ1n) is 5.90. The Bertz CT molecular complexity index is 435. The van der Waals surface area contributed by atoms with Crippen LogP contribution in [0.5, 0.6) is 5.75 Å². The summed E-state index contributed by atoms with van der Waals surface area (Å²) in [6.07, 6.45) is 1.23. The van der Waals surface area contributed by atoms with Gasteiger partial charge in [0.2, 0.25) is 5.91 Å². The number of rotatable bonds is 2. The fraction of sp³-hybridized carbons (Fsp3) is 0.462. The van der Waals surface area contributed by atoms with Crippen LogP contribution in [0.25, 0.3) is 0 Å². The Hall–Kier alpha value is -1.26. The first kappa shape index (κ1) is 14.8. The Kier molecular flexibility index (Phi) is 4.99. The van der Waals surface area contributed by atoms with Crippen molar-refractivity contribution in [3.8, 4) is 5.75 Å². The second-order valence-electron chi connectivity index (χ2n) is 4.70. The number of hydrogen-bond donors (Lipinski definition) is 2. The van der Waals surface area contributed by atoms with E-state index in [9.17, 15) is 9.90 Å². The van der Waals surface area contributed by atoms with E-state index in [2.05, 4.69) is 0 Å². The second kappa shape index (κ2) is 6.07. The van der Waals surface area contributed by atoms with Crippen molar-refractivity contribution in [3.63, 3.8) is 0 Å². The van der Waals surface area contributed by atoms with Crippen molar-refractivity contribution >= 4 is 18.3 Å². The maximum absolute atomic E-state index is 11.9. The van der Waals surface area contributed by atoms with Gasteiger partial charge in [0.15, 0.2) is 0 Å². The summed E-state index contributed by atoms with van der Waals surface area (Å²) in [5.41, 5.74) is 7.88. The molecule has 0 saturated carbocycles. The van der Waals surface area contributed by atoms with E-state index in [1.165, 1.54) is 5.56 Å². The Morgan fingerprint density at radius 3 is 2.89 bits per heavy atom. The molecular weight excluding hydrogens is 252 g/mol. The smallest absolute Gasteiger partial charge is 0.224 e. The third-order valence-corrected chi connectivity index (χ3v) is 3.05. The zero-order valence-corrected chi connectivity index (χ0v) is 11.2. The van der Waals surface area contributed by atoms with Gasteiger partial charge in [0.25, 0.3) is 0 Å². The third-order valence-electron chi connectivity index (χ3n) is 3.05. The maximum Gasteiger partial charge on any atom is 0.224 e. The zero-order valence-electron chi connectivity index (χ0n) is 10.4. The molecule has 3 N–H and O–H groups in total. The molecular formula is C13H19ClN2O2. The molecule has 0 saturated heterocycles. The highest BCUT2D eigenvalue weighted by Gasteiger charge is 2.21. The number of fused-ring (bicyclic) bond motifs is 1. The Labute approximate surface area is 113 Å². The lowest BCUT2D eigenvalue weighted by atomic mass is 9.99. The number of phenols is 1. The number of benzene rings is 1. The lowest BCUT2D eigenvalue weighted by molar-refractivity contribution is -0.132. The highest BCUT2D eigenvalue weighted by Crippen LogP contribution is 2.23. The van der Waals surface area contributed by atoms with Crippen molar-refractivity contribution in [2.75, 3.05) is 6.54 Å². The normalized spacial score (nSPS) is 15.6. The minimum absolute atomic E-state index is 0. The van der Waals surface area contributed by atoms with Crippen LogP contribution in [0.1, 0.15) is 24.5 Å². The third kappa shape index (κ3) is 3.37. The van der Waals surface area contributed by atoms with Crippen molar-refractivity contribution in [1.29, 1.82) is 0 Å². The summed E-state index contributed by atoms with van der Waals surface area (Å²) in [4.78, 5) is 13.7. The van der Waals surface area contributed by atoms with Gasteiger partial charge in [-0.05, 0) is 36.6 Å². The Morgan fingerprint density at radius 2 is 2.22 bits per heavy atom. The monoisotopic (exact) mass is 270 g/mol. The molecule has 1 unspecified atom stereocenters. The van der Waals surface area contributed by atoms with Crippen molar-refractivity contribution in [2.45, 2.75) is 32.4 Å². The SMILES string of the molecule is CC(N)CC(=O)N1CCc2ccc(O)cc2C1.Cl. The molecule has 0 fully saturated rings. The van der Waals surface area contributed by atoms with Crippen molar-refractivity contribution in [3.05, 3.63) is 29.3 Å². The van der Waals surface area contributed by atoms with Crippen LogP contribution in [0, 0.1) is 0 Å². The quantitative estimate of drug-likeness (QED) is 0.855. The van der Waals surface area contributed by atoms with Crippen LogP contribution in [-0.2, 0) is 17.8 Å². The summed E-state index contributed by atoms with van der Waals surface area (Å²) in [7, 11) is 0. The number of carbonyl (C=O) groups excluding carboxylic acids is 1. The molecule has 0 aromatic heterocycles. The molecule has 1 aliphatic heterocycles. The topological polar surface area (TPSA) is 66.6 Å². The number of nitrogens with zero attached hydrogens (tertiary/aromatic N) is 1. The molecule has 100 valence electrons. The van der Waals surface area contributed by atoms with Crippen LogP contribution in [0.2, 0.25) is 0 Å². The van der Waals surface area contributed by atoms with E-state index in [1.807, 2.05) is 17.9 Å². The van der Waals surface area contributed by atoms with Gasteiger partial charge in [0.05, 0.1) is 0 Å². The van der Waals surface area contributed by atoms with Gasteiger partial charge in [-0.2, -0.15) is 0 Å². The molecule has 4 nitrogen and oxygen atoms in total. The van der Waals surface area contributed by atoms with Crippen LogP contribution < -0.4 is 5.73 Å². The van der Waals surface area contributed by atoms with Crippen molar-refractivity contribution in [1.82, 2.24) is 4.90 Å². The van der Waals surface area contributed by atoms with Crippen LogP contribution in [0.3, 0.4) is 0 Å². The van der Waals surface area contributed by atoms with E-state index in [0.717, 1.165) is 18.5 Å². The van der Waals surface area contributed by atoms with Crippen LogP contribution in [0.4, 0.5) is 0 Å². The zero-order chi connectivity index (χ0) is 12.4. The Balaban J connectivity index is 0.00000162. The standard InChI is InChI=1S/C13H18N2O2.ClH/c1-9(14)6-13(17)15-5-4-10-2-3-12(16)7-11(10)8-15;/h2-3,7,9,16H,4-6,8,14H2,1H3;1H. The molecule has 1 atom stereocenters. The van der Waals surface area contributed by atoms with E-state index < -0.39 is 0 Å². The van der Waals surface area contributed by atoms with Crippen molar-refractivity contribution in [2.24, 2.45) is 5.73 Å². The molecule has 0 aliphatic carbocycles.